The summed E-state index contributed by atoms with van der Waals surface area (Å²) in [4.78, 5) is 4.01. The van der Waals surface area contributed by atoms with Gasteiger partial charge in [-0.05, 0) is 36.1 Å². The number of pyridine rings is 1. The van der Waals surface area contributed by atoms with Crippen molar-refractivity contribution < 1.29 is 13.2 Å². The van der Waals surface area contributed by atoms with E-state index in [4.69, 9.17) is 5.84 Å². The van der Waals surface area contributed by atoms with Crippen molar-refractivity contribution in [3.63, 3.8) is 0 Å². The van der Waals surface area contributed by atoms with Crippen molar-refractivity contribution in [3.05, 3.63) is 65.5 Å². The van der Waals surface area contributed by atoms with Crippen LogP contribution in [0.25, 0.3) is 0 Å². The van der Waals surface area contributed by atoms with Crippen LogP contribution >= 0.6 is 0 Å². The molecule has 0 aliphatic rings. The van der Waals surface area contributed by atoms with Gasteiger partial charge in [0.1, 0.15) is 0 Å². The summed E-state index contributed by atoms with van der Waals surface area (Å²) in [6.07, 6.45) is 0.0680. The average molecular weight is 295 g/mol. The molecular formula is C15H16F3N3. The number of alkyl halides is 3. The number of hydrazine groups is 1. The van der Waals surface area contributed by atoms with Crippen LogP contribution in [0.3, 0.4) is 0 Å². The van der Waals surface area contributed by atoms with Gasteiger partial charge in [-0.15, -0.1) is 0 Å². The molecule has 1 heterocycles. The molecule has 0 aliphatic heterocycles. The van der Waals surface area contributed by atoms with Gasteiger partial charge in [0, 0.05) is 18.4 Å². The second-order valence-corrected chi connectivity index (χ2v) is 4.83. The lowest BCUT2D eigenvalue weighted by atomic mass is 9.99. The van der Waals surface area contributed by atoms with E-state index in [-0.39, 0.29) is 6.04 Å². The molecule has 2 aromatic rings. The van der Waals surface area contributed by atoms with E-state index >= 15 is 0 Å². The number of nitrogens with two attached hydrogens (primary N) is 1. The van der Waals surface area contributed by atoms with Crippen molar-refractivity contribution in [2.75, 3.05) is 0 Å². The number of hydrogen-bond acceptors (Lipinski definition) is 3. The lowest BCUT2D eigenvalue weighted by Crippen LogP contribution is -2.38. The minimum absolute atomic E-state index is 0.155. The number of nitrogens with zero attached hydrogens (tertiary/aromatic N) is 1. The van der Waals surface area contributed by atoms with E-state index in [1.165, 1.54) is 6.07 Å². The fourth-order valence-corrected chi connectivity index (χ4v) is 2.15. The van der Waals surface area contributed by atoms with Gasteiger partial charge in [0.2, 0.25) is 0 Å². The highest BCUT2D eigenvalue weighted by Gasteiger charge is 2.30. The Labute approximate surface area is 121 Å². The molecule has 0 spiro atoms. The summed E-state index contributed by atoms with van der Waals surface area (Å²) in [5.41, 5.74) is 3.58. The van der Waals surface area contributed by atoms with Crippen molar-refractivity contribution in [2.45, 2.75) is 25.1 Å². The zero-order valence-corrected chi connectivity index (χ0v) is 11.3. The summed E-state index contributed by atoms with van der Waals surface area (Å²) < 4.78 is 38.1. The standard InChI is InChI=1S/C15H16F3N3/c16-15(17,18)13-5-1-3-11(7-13)8-14(21-19)9-12-4-2-6-20-10-12/h1-7,10,14,21H,8-9,19H2. The van der Waals surface area contributed by atoms with E-state index in [0.717, 1.165) is 17.7 Å². The van der Waals surface area contributed by atoms with Crippen LogP contribution in [0.1, 0.15) is 16.7 Å². The number of rotatable bonds is 5. The third-order valence-corrected chi connectivity index (χ3v) is 3.18. The van der Waals surface area contributed by atoms with Crippen LogP contribution in [0.4, 0.5) is 13.2 Å². The number of aromatic nitrogens is 1. The topological polar surface area (TPSA) is 50.9 Å². The molecule has 0 radical (unpaired) electrons. The van der Waals surface area contributed by atoms with Crippen molar-refractivity contribution in [1.29, 1.82) is 0 Å². The summed E-state index contributed by atoms with van der Waals surface area (Å²) in [6.45, 7) is 0. The third-order valence-electron chi connectivity index (χ3n) is 3.18. The minimum atomic E-state index is -4.33. The Bertz CT molecular complexity index is 570. The molecule has 3 nitrogen and oxygen atoms in total. The van der Waals surface area contributed by atoms with Crippen LogP contribution in [0, 0.1) is 0 Å². The Balaban J connectivity index is 2.08. The molecule has 1 unspecified atom stereocenters. The van der Waals surface area contributed by atoms with Gasteiger partial charge in [0.25, 0.3) is 0 Å². The molecule has 1 aromatic carbocycles. The quantitative estimate of drug-likeness (QED) is 0.659. The molecule has 1 aromatic heterocycles. The van der Waals surface area contributed by atoms with Crippen molar-refractivity contribution >= 4 is 0 Å². The Kier molecular flexibility index (Phi) is 4.93. The second-order valence-electron chi connectivity index (χ2n) is 4.83. The first-order valence-electron chi connectivity index (χ1n) is 6.50. The Morgan fingerprint density at radius 3 is 2.43 bits per heavy atom. The highest BCUT2D eigenvalue weighted by molar-refractivity contribution is 5.26. The molecular weight excluding hydrogens is 279 g/mol. The summed E-state index contributed by atoms with van der Waals surface area (Å²) in [6, 6.07) is 8.87. The highest BCUT2D eigenvalue weighted by atomic mass is 19.4. The van der Waals surface area contributed by atoms with Gasteiger partial charge in [0.05, 0.1) is 5.56 Å². The fourth-order valence-electron chi connectivity index (χ4n) is 2.15. The van der Waals surface area contributed by atoms with Crippen molar-refractivity contribution in [2.24, 2.45) is 5.84 Å². The molecule has 2 rings (SSSR count). The summed E-state index contributed by atoms with van der Waals surface area (Å²) >= 11 is 0. The van der Waals surface area contributed by atoms with Crippen LogP contribution in [-0.2, 0) is 19.0 Å². The van der Waals surface area contributed by atoms with E-state index in [0.29, 0.717) is 18.4 Å². The Morgan fingerprint density at radius 1 is 1.10 bits per heavy atom. The van der Waals surface area contributed by atoms with Gasteiger partial charge < -0.3 is 0 Å². The number of benzene rings is 1. The minimum Gasteiger partial charge on any atom is -0.271 e. The maximum atomic E-state index is 12.7. The molecule has 6 heteroatoms. The third kappa shape index (κ3) is 4.54. The molecule has 0 aliphatic carbocycles. The first-order chi connectivity index (χ1) is 9.99. The van der Waals surface area contributed by atoms with Gasteiger partial charge in [-0.25, -0.2) is 0 Å². The second kappa shape index (κ2) is 6.69. The molecule has 0 saturated heterocycles. The van der Waals surface area contributed by atoms with Crippen LogP contribution < -0.4 is 11.3 Å². The number of nitrogens with one attached hydrogen (secondary N) is 1. The zero-order chi connectivity index (χ0) is 15.3. The largest absolute Gasteiger partial charge is 0.416 e. The summed E-state index contributed by atoms with van der Waals surface area (Å²) in [5.74, 6) is 5.50. The predicted molar refractivity (Wildman–Crippen MR) is 74.2 cm³/mol. The molecule has 0 amide bonds. The van der Waals surface area contributed by atoms with Crippen LogP contribution in [0.5, 0.6) is 0 Å². The van der Waals surface area contributed by atoms with Crippen LogP contribution in [0.2, 0.25) is 0 Å². The fraction of sp³-hybridized carbons (Fsp3) is 0.267. The van der Waals surface area contributed by atoms with Gasteiger partial charge in [0.15, 0.2) is 0 Å². The van der Waals surface area contributed by atoms with Crippen LogP contribution in [0.15, 0.2) is 48.8 Å². The van der Waals surface area contributed by atoms with Crippen molar-refractivity contribution in [3.8, 4) is 0 Å². The van der Waals surface area contributed by atoms with E-state index in [2.05, 4.69) is 10.4 Å². The monoisotopic (exact) mass is 295 g/mol. The molecule has 21 heavy (non-hydrogen) atoms. The van der Waals surface area contributed by atoms with Gasteiger partial charge in [-0.2, -0.15) is 13.2 Å². The molecule has 0 bridgehead atoms. The van der Waals surface area contributed by atoms with E-state index in [9.17, 15) is 13.2 Å². The number of halogens is 3. The maximum Gasteiger partial charge on any atom is 0.416 e. The highest BCUT2D eigenvalue weighted by Crippen LogP contribution is 2.29. The predicted octanol–water partition coefficient (Wildman–Crippen LogP) is 2.72. The average Bonchev–Trinajstić information content (AvgIpc) is 2.47. The maximum absolute atomic E-state index is 12.7. The van der Waals surface area contributed by atoms with Crippen molar-refractivity contribution in [1.82, 2.24) is 10.4 Å². The van der Waals surface area contributed by atoms with Crippen LogP contribution in [-0.4, -0.2) is 11.0 Å². The Morgan fingerprint density at radius 2 is 1.81 bits per heavy atom. The molecule has 0 fully saturated rings. The summed E-state index contributed by atoms with van der Waals surface area (Å²) in [5, 5.41) is 0. The smallest absolute Gasteiger partial charge is 0.271 e. The lowest BCUT2D eigenvalue weighted by molar-refractivity contribution is -0.137. The van der Waals surface area contributed by atoms with E-state index < -0.39 is 11.7 Å². The SMILES string of the molecule is NNC(Cc1cccnc1)Cc1cccc(C(F)(F)F)c1. The molecule has 0 saturated carbocycles. The first kappa shape index (κ1) is 15.5. The Hall–Kier alpha value is -1.92. The molecule has 112 valence electrons. The summed E-state index contributed by atoms with van der Waals surface area (Å²) in [7, 11) is 0. The molecule has 3 N–H and O–H groups in total. The molecule has 1 atom stereocenters. The number of hydrogen-bond donors (Lipinski definition) is 2. The first-order valence-corrected chi connectivity index (χ1v) is 6.50. The van der Waals surface area contributed by atoms with Gasteiger partial charge in [-0.1, -0.05) is 24.3 Å². The van der Waals surface area contributed by atoms with Gasteiger partial charge in [-0.3, -0.25) is 16.3 Å². The normalized spacial score (nSPS) is 13.1. The lowest BCUT2D eigenvalue weighted by Gasteiger charge is -2.17. The zero-order valence-electron chi connectivity index (χ0n) is 11.3. The van der Waals surface area contributed by atoms with E-state index in [1.807, 2.05) is 12.1 Å². The van der Waals surface area contributed by atoms with Gasteiger partial charge >= 0.3 is 6.18 Å². The van der Waals surface area contributed by atoms with E-state index in [1.54, 1.807) is 18.5 Å².